The number of benzene rings is 2. The predicted molar refractivity (Wildman–Crippen MR) is 145 cm³/mol. The normalized spacial score (nSPS) is 14.9. The van der Waals surface area contributed by atoms with E-state index >= 15 is 0 Å². The Hall–Kier alpha value is -4.56. The molecular formula is C29H24ClN5O3. The first kappa shape index (κ1) is 25.1. The second-order valence-corrected chi connectivity index (χ2v) is 9.46. The summed E-state index contributed by atoms with van der Waals surface area (Å²) in [5, 5.41) is 6.05. The van der Waals surface area contributed by atoms with Crippen LogP contribution < -0.4 is 10.6 Å². The smallest absolute Gasteiger partial charge is 0.256 e. The standard InChI is InChI=1S/C29H24ClN5O3/c1-18-5-12-26(32-16-18)34-27(36)20-8-6-19(7-9-20)17-35-25(15-22-4-2-3-13-31-22)28(37)33-24-14-21(30)10-11-23(24)29(35)38/h2-14,16,25H,15,17H2,1H3,(H,33,37)(H,32,34,36). The molecule has 1 aliphatic rings. The average Bonchev–Trinajstić information content (AvgIpc) is 3.00. The number of halogens is 1. The molecular weight excluding hydrogens is 502 g/mol. The quantitative estimate of drug-likeness (QED) is 0.373. The molecule has 0 saturated carbocycles. The third-order valence-corrected chi connectivity index (χ3v) is 6.50. The van der Waals surface area contributed by atoms with Gasteiger partial charge in [-0.1, -0.05) is 35.9 Å². The molecule has 0 bridgehead atoms. The Balaban J connectivity index is 1.40. The lowest BCUT2D eigenvalue weighted by Crippen LogP contribution is -2.46. The Morgan fingerprint density at radius 3 is 2.55 bits per heavy atom. The lowest BCUT2D eigenvalue weighted by Gasteiger charge is -2.28. The van der Waals surface area contributed by atoms with Crippen molar-refractivity contribution in [2.75, 3.05) is 10.6 Å². The van der Waals surface area contributed by atoms with Crippen molar-refractivity contribution >= 4 is 40.8 Å². The van der Waals surface area contributed by atoms with Gasteiger partial charge >= 0.3 is 0 Å². The van der Waals surface area contributed by atoms with Gasteiger partial charge in [0.15, 0.2) is 0 Å². The number of amides is 3. The summed E-state index contributed by atoms with van der Waals surface area (Å²) >= 11 is 6.13. The molecule has 5 rings (SSSR count). The van der Waals surface area contributed by atoms with Crippen LogP contribution in [0.1, 0.15) is 37.5 Å². The van der Waals surface area contributed by atoms with Crippen LogP contribution in [0.3, 0.4) is 0 Å². The Bertz CT molecular complexity index is 1490. The highest BCUT2D eigenvalue weighted by molar-refractivity contribution is 6.31. The molecule has 1 atom stereocenters. The Morgan fingerprint density at radius 2 is 1.84 bits per heavy atom. The van der Waals surface area contributed by atoms with Crippen LogP contribution in [0.25, 0.3) is 0 Å². The molecule has 0 aliphatic carbocycles. The van der Waals surface area contributed by atoms with E-state index in [2.05, 4.69) is 20.6 Å². The second-order valence-electron chi connectivity index (χ2n) is 9.03. The third kappa shape index (κ3) is 5.55. The first-order valence-electron chi connectivity index (χ1n) is 12.0. The summed E-state index contributed by atoms with van der Waals surface area (Å²) in [5.41, 5.74) is 3.62. The van der Waals surface area contributed by atoms with Crippen LogP contribution in [0.2, 0.25) is 5.02 Å². The lowest BCUT2D eigenvalue weighted by atomic mass is 10.0. The van der Waals surface area contributed by atoms with E-state index in [-0.39, 0.29) is 30.7 Å². The number of hydrogen-bond donors (Lipinski definition) is 2. The van der Waals surface area contributed by atoms with E-state index in [0.29, 0.717) is 33.3 Å². The number of carbonyl (C=O) groups is 3. The SMILES string of the molecule is Cc1ccc(NC(=O)c2ccc(CN3C(=O)c4ccc(Cl)cc4NC(=O)C3Cc3ccccn3)cc2)nc1. The summed E-state index contributed by atoms with van der Waals surface area (Å²) in [7, 11) is 0. The Morgan fingerprint density at radius 1 is 1.03 bits per heavy atom. The van der Waals surface area contributed by atoms with E-state index < -0.39 is 6.04 Å². The van der Waals surface area contributed by atoms with Gasteiger partial charge in [-0.15, -0.1) is 0 Å². The van der Waals surface area contributed by atoms with Crippen LogP contribution in [0.4, 0.5) is 11.5 Å². The summed E-state index contributed by atoms with van der Waals surface area (Å²) in [6, 6.07) is 20.0. The molecule has 2 N–H and O–H groups in total. The molecule has 0 fully saturated rings. The van der Waals surface area contributed by atoms with E-state index in [0.717, 1.165) is 11.1 Å². The van der Waals surface area contributed by atoms with Crippen LogP contribution in [0, 0.1) is 6.92 Å². The van der Waals surface area contributed by atoms with Gasteiger partial charge in [-0.25, -0.2) is 4.98 Å². The fraction of sp³-hybridized carbons (Fsp3) is 0.138. The van der Waals surface area contributed by atoms with Crippen molar-refractivity contribution in [3.63, 3.8) is 0 Å². The molecule has 38 heavy (non-hydrogen) atoms. The van der Waals surface area contributed by atoms with E-state index in [1.807, 2.05) is 25.1 Å². The number of anilines is 2. The summed E-state index contributed by atoms with van der Waals surface area (Å²) in [6.07, 6.45) is 3.57. The topological polar surface area (TPSA) is 104 Å². The number of carbonyl (C=O) groups excluding carboxylic acids is 3. The van der Waals surface area contributed by atoms with E-state index in [9.17, 15) is 14.4 Å². The van der Waals surface area contributed by atoms with Gasteiger partial charge in [0.25, 0.3) is 11.8 Å². The monoisotopic (exact) mass is 525 g/mol. The number of nitrogens with zero attached hydrogens (tertiary/aromatic N) is 3. The van der Waals surface area contributed by atoms with Gasteiger partial charge in [0.2, 0.25) is 5.91 Å². The molecule has 2 aromatic heterocycles. The lowest BCUT2D eigenvalue weighted by molar-refractivity contribution is -0.120. The molecule has 4 aromatic rings. The molecule has 2 aromatic carbocycles. The minimum absolute atomic E-state index is 0.160. The summed E-state index contributed by atoms with van der Waals surface area (Å²) in [5.74, 6) is -0.464. The zero-order valence-corrected chi connectivity index (χ0v) is 21.3. The fourth-order valence-corrected chi connectivity index (χ4v) is 4.42. The van der Waals surface area contributed by atoms with E-state index in [1.165, 1.54) is 4.90 Å². The van der Waals surface area contributed by atoms with Crippen molar-refractivity contribution in [3.8, 4) is 0 Å². The molecule has 0 saturated heterocycles. The summed E-state index contributed by atoms with van der Waals surface area (Å²) in [4.78, 5) is 49.8. The molecule has 9 heteroatoms. The van der Waals surface area contributed by atoms with Crippen molar-refractivity contribution in [3.05, 3.63) is 118 Å². The molecule has 1 aliphatic heterocycles. The van der Waals surface area contributed by atoms with Gasteiger partial charge < -0.3 is 15.5 Å². The molecule has 3 amide bonds. The molecule has 1 unspecified atom stereocenters. The third-order valence-electron chi connectivity index (χ3n) is 6.26. The predicted octanol–water partition coefficient (Wildman–Crippen LogP) is 4.90. The Labute approximate surface area is 224 Å². The molecule has 8 nitrogen and oxygen atoms in total. The Kier molecular flexibility index (Phi) is 7.15. The zero-order chi connectivity index (χ0) is 26.6. The van der Waals surface area contributed by atoms with Gasteiger partial charge in [-0.05, 0) is 66.6 Å². The van der Waals surface area contributed by atoms with E-state index in [1.54, 1.807) is 67.0 Å². The van der Waals surface area contributed by atoms with Crippen molar-refractivity contribution in [2.45, 2.75) is 25.9 Å². The van der Waals surface area contributed by atoms with Gasteiger partial charge in [-0.2, -0.15) is 0 Å². The number of aryl methyl sites for hydroxylation is 1. The maximum Gasteiger partial charge on any atom is 0.256 e. The highest BCUT2D eigenvalue weighted by atomic mass is 35.5. The molecule has 0 radical (unpaired) electrons. The molecule has 3 heterocycles. The first-order valence-corrected chi connectivity index (χ1v) is 12.4. The van der Waals surface area contributed by atoms with Crippen LogP contribution in [-0.4, -0.2) is 38.6 Å². The van der Waals surface area contributed by atoms with Crippen molar-refractivity contribution in [2.24, 2.45) is 0 Å². The number of aromatic nitrogens is 2. The maximum atomic E-state index is 13.7. The number of pyridine rings is 2. The van der Waals surface area contributed by atoms with Crippen LogP contribution >= 0.6 is 11.6 Å². The van der Waals surface area contributed by atoms with E-state index in [4.69, 9.17) is 11.6 Å². The average molecular weight is 526 g/mol. The maximum absolute atomic E-state index is 13.7. The number of nitrogens with one attached hydrogen (secondary N) is 2. The first-order chi connectivity index (χ1) is 18.4. The highest BCUT2D eigenvalue weighted by Crippen LogP contribution is 2.28. The van der Waals surface area contributed by atoms with Crippen molar-refractivity contribution in [1.29, 1.82) is 0 Å². The molecule has 0 spiro atoms. The number of fused-ring (bicyclic) bond motifs is 1. The molecule has 190 valence electrons. The van der Waals surface area contributed by atoms with Crippen LogP contribution in [0.5, 0.6) is 0 Å². The minimum atomic E-state index is -0.806. The van der Waals surface area contributed by atoms with Crippen LogP contribution in [-0.2, 0) is 17.8 Å². The van der Waals surface area contributed by atoms with Gasteiger partial charge in [0, 0.05) is 41.6 Å². The summed E-state index contributed by atoms with van der Waals surface area (Å²) in [6.45, 7) is 2.08. The van der Waals surface area contributed by atoms with Gasteiger partial charge in [0.05, 0.1) is 11.3 Å². The second kappa shape index (κ2) is 10.8. The summed E-state index contributed by atoms with van der Waals surface area (Å²) < 4.78 is 0. The van der Waals surface area contributed by atoms with Gasteiger partial charge in [0.1, 0.15) is 11.9 Å². The number of rotatable bonds is 6. The van der Waals surface area contributed by atoms with Gasteiger partial charge in [-0.3, -0.25) is 19.4 Å². The van der Waals surface area contributed by atoms with Crippen LogP contribution in [0.15, 0.2) is 85.2 Å². The largest absolute Gasteiger partial charge is 0.323 e. The highest BCUT2D eigenvalue weighted by Gasteiger charge is 2.36. The van der Waals surface area contributed by atoms with Crippen molar-refractivity contribution in [1.82, 2.24) is 14.9 Å². The minimum Gasteiger partial charge on any atom is -0.323 e. The zero-order valence-electron chi connectivity index (χ0n) is 20.5. The van der Waals surface area contributed by atoms with Crippen molar-refractivity contribution < 1.29 is 14.4 Å². The fourth-order valence-electron chi connectivity index (χ4n) is 4.25. The number of hydrogen-bond acceptors (Lipinski definition) is 5.